The molecule has 0 radical (unpaired) electrons. The molecule has 1 aliphatic rings. The third kappa shape index (κ3) is 2.96. The first-order valence-corrected chi connectivity index (χ1v) is 6.87. The van der Waals surface area contributed by atoms with Gasteiger partial charge in [-0.15, -0.1) is 4.83 Å². The maximum absolute atomic E-state index is 13.2. The molecule has 0 bridgehead atoms. The fourth-order valence-electron chi connectivity index (χ4n) is 1.55. The van der Waals surface area contributed by atoms with Gasteiger partial charge in [-0.1, -0.05) is 0 Å². The minimum atomic E-state index is -3.77. The summed E-state index contributed by atoms with van der Waals surface area (Å²) < 4.78 is 42.3. The molecule has 8 heteroatoms. The van der Waals surface area contributed by atoms with Crippen molar-refractivity contribution in [2.75, 3.05) is 32.0 Å². The lowest BCUT2D eigenvalue weighted by atomic mass is 10.3. The van der Waals surface area contributed by atoms with Crippen molar-refractivity contribution in [1.29, 1.82) is 0 Å². The maximum atomic E-state index is 13.2. The normalized spacial score (nSPS) is 17.8. The highest BCUT2D eigenvalue weighted by Gasteiger charge is 2.20. The molecule has 2 rings (SSSR count). The lowest BCUT2D eigenvalue weighted by Crippen LogP contribution is -2.48. The van der Waals surface area contributed by atoms with Crippen molar-refractivity contribution in [1.82, 2.24) is 9.84 Å². The molecule has 0 aromatic heterocycles. The van der Waals surface area contributed by atoms with Crippen molar-refractivity contribution in [3.05, 3.63) is 24.0 Å². The van der Waals surface area contributed by atoms with E-state index in [-0.39, 0.29) is 10.6 Å². The van der Waals surface area contributed by atoms with Gasteiger partial charge in [0.25, 0.3) is 10.0 Å². The highest BCUT2D eigenvalue weighted by molar-refractivity contribution is 7.89. The number of hydrogen-bond donors (Lipinski definition) is 2. The van der Waals surface area contributed by atoms with Crippen LogP contribution >= 0.6 is 0 Å². The van der Waals surface area contributed by atoms with Crippen LogP contribution in [0.1, 0.15) is 0 Å². The molecule has 0 amide bonds. The Bertz CT molecular complexity index is 529. The van der Waals surface area contributed by atoms with Gasteiger partial charge in [-0.3, -0.25) is 0 Å². The monoisotopic (exact) mass is 275 g/mol. The number of sulfonamides is 1. The summed E-state index contributed by atoms with van der Waals surface area (Å²) in [6.07, 6.45) is 0. The van der Waals surface area contributed by atoms with Crippen LogP contribution in [0.25, 0.3) is 0 Å². The van der Waals surface area contributed by atoms with Gasteiger partial charge in [0.15, 0.2) is 0 Å². The maximum Gasteiger partial charge on any atom is 0.253 e. The van der Waals surface area contributed by atoms with Crippen LogP contribution in [0.2, 0.25) is 0 Å². The van der Waals surface area contributed by atoms with E-state index in [9.17, 15) is 12.8 Å². The summed E-state index contributed by atoms with van der Waals surface area (Å²) >= 11 is 0. The van der Waals surface area contributed by atoms with E-state index in [0.29, 0.717) is 26.3 Å². The number of rotatable bonds is 3. The number of morpholine rings is 1. The number of ether oxygens (including phenoxy) is 1. The molecule has 0 aliphatic carbocycles. The number of hydrazine groups is 1. The fraction of sp³-hybridized carbons (Fsp3) is 0.400. The number of nitrogen functional groups attached to an aromatic ring is 1. The summed E-state index contributed by atoms with van der Waals surface area (Å²) in [5.41, 5.74) is 5.22. The van der Waals surface area contributed by atoms with Crippen molar-refractivity contribution in [3.63, 3.8) is 0 Å². The van der Waals surface area contributed by atoms with E-state index >= 15 is 0 Å². The van der Waals surface area contributed by atoms with Gasteiger partial charge in [-0.2, -0.15) is 0 Å². The van der Waals surface area contributed by atoms with Crippen LogP contribution in [-0.2, 0) is 14.8 Å². The molecule has 3 N–H and O–H groups in total. The van der Waals surface area contributed by atoms with Crippen LogP contribution in [0.5, 0.6) is 0 Å². The minimum absolute atomic E-state index is 0.0830. The molecular formula is C10H14FN3O3S. The lowest BCUT2D eigenvalue weighted by molar-refractivity contribution is 0.0272. The lowest BCUT2D eigenvalue weighted by Gasteiger charge is -2.26. The van der Waals surface area contributed by atoms with Crippen molar-refractivity contribution in [3.8, 4) is 0 Å². The average Bonchev–Trinajstić information content (AvgIpc) is 2.33. The van der Waals surface area contributed by atoms with E-state index in [1.54, 1.807) is 0 Å². The van der Waals surface area contributed by atoms with Crippen LogP contribution in [0.15, 0.2) is 23.1 Å². The van der Waals surface area contributed by atoms with E-state index in [1.807, 2.05) is 0 Å². The molecule has 1 aromatic carbocycles. The topological polar surface area (TPSA) is 84.7 Å². The van der Waals surface area contributed by atoms with Crippen LogP contribution in [0, 0.1) is 5.82 Å². The number of nitrogens with zero attached hydrogens (tertiary/aromatic N) is 1. The second-order valence-electron chi connectivity index (χ2n) is 3.88. The van der Waals surface area contributed by atoms with Crippen LogP contribution in [0.3, 0.4) is 0 Å². The van der Waals surface area contributed by atoms with Gasteiger partial charge in [0.05, 0.1) is 23.8 Å². The van der Waals surface area contributed by atoms with E-state index in [0.717, 1.165) is 6.07 Å². The molecule has 18 heavy (non-hydrogen) atoms. The highest BCUT2D eigenvalue weighted by atomic mass is 32.2. The molecule has 100 valence electrons. The summed E-state index contributed by atoms with van der Waals surface area (Å²) in [5, 5.41) is 1.52. The standard InChI is InChI=1S/C10H14FN3O3S/c11-9-7-8(1-2-10(9)12)18(15,16)13-14-3-5-17-6-4-14/h1-2,7,13H,3-6,12H2. The molecule has 1 heterocycles. The molecule has 6 nitrogen and oxygen atoms in total. The summed E-state index contributed by atoms with van der Waals surface area (Å²) in [5.74, 6) is -0.750. The Hall–Kier alpha value is -1.22. The Morgan fingerprint density at radius 3 is 2.61 bits per heavy atom. The quantitative estimate of drug-likeness (QED) is 0.755. The van der Waals surface area contributed by atoms with Gasteiger partial charge in [0.2, 0.25) is 0 Å². The summed E-state index contributed by atoms with van der Waals surface area (Å²) in [4.78, 5) is 2.22. The minimum Gasteiger partial charge on any atom is -0.396 e. The summed E-state index contributed by atoms with van der Waals surface area (Å²) in [6, 6.07) is 3.39. The molecule has 0 unspecified atom stereocenters. The van der Waals surface area contributed by atoms with Gasteiger partial charge in [0, 0.05) is 13.1 Å². The second kappa shape index (κ2) is 5.19. The van der Waals surface area contributed by atoms with Gasteiger partial charge in [-0.05, 0) is 18.2 Å². The molecule has 1 saturated heterocycles. The summed E-state index contributed by atoms with van der Waals surface area (Å²) in [6.45, 7) is 1.82. The first kappa shape index (κ1) is 13.2. The number of anilines is 1. The van der Waals surface area contributed by atoms with Crippen molar-refractivity contribution < 1.29 is 17.5 Å². The zero-order chi connectivity index (χ0) is 13.2. The molecule has 1 fully saturated rings. The SMILES string of the molecule is Nc1ccc(S(=O)(=O)NN2CCOCC2)cc1F. The average molecular weight is 275 g/mol. The smallest absolute Gasteiger partial charge is 0.253 e. The fourth-order valence-corrected chi connectivity index (χ4v) is 2.69. The first-order chi connectivity index (χ1) is 8.49. The van der Waals surface area contributed by atoms with Gasteiger partial charge in [-0.25, -0.2) is 17.8 Å². The number of hydrogen-bond acceptors (Lipinski definition) is 5. The third-order valence-electron chi connectivity index (χ3n) is 2.54. The van der Waals surface area contributed by atoms with Crippen molar-refractivity contribution >= 4 is 15.7 Å². The second-order valence-corrected chi connectivity index (χ2v) is 5.54. The number of nitrogens with one attached hydrogen (secondary N) is 1. The Labute approximate surface area is 105 Å². The third-order valence-corrected chi connectivity index (χ3v) is 3.92. The number of benzene rings is 1. The van der Waals surface area contributed by atoms with Crippen molar-refractivity contribution in [2.45, 2.75) is 4.90 Å². The van der Waals surface area contributed by atoms with Crippen molar-refractivity contribution in [2.24, 2.45) is 0 Å². The first-order valence-electron chi connectivity index (χ1n) is 5.39. The largest absolute Gasteiger partial charge is 0.396 e. The Kier molecular flexibility index (Phi) is 3.81. The Morgan fingerprint density at radius 2 is 2.00 bits per heavy atom. The predicted octanol–water partition coefficient (Wildman–Crippen LogP) is -0.0666. The Balaban J connectivity index is 2.16. The zero-order valence-electron chi connectivity index (χ0n) is 9.60. The number of nitrogens with two attached hydrogens (primary N) is 1. The Morgan fingerprint density at radius 1 is 1.33 bits per heavy atom. The zero-order valence-corrected chi connectivity index (χ0v) is 10.4. The van der Waals surface area contributed by atoms with E-state index < -0.39 is 15.8 Å². The van der Waals surface area contributed by atoms with Gasteiger partial charge < -0.3 is 10.5 Å². The highest BCUT2D eigenvalue weighted by Crippen LogP contribution is 2.16. The molecular weight excluding hydrogens is 261 g/mol. The predicted molar refractivity (Wildman–Crippen MR) is 63.5 cm³/mol. The molecule has 1 aliphatic heterocycles. The van der Waals surface area contributed by atoms with Gasteiger partial charge in [0.1, 0.15) is 5.82 Å². The van der Waals surface area contributed by atoms with Crippen LogP contribution in [-0.4, -0.2) is 39.7 Å². The number of halogens is 1. The molecule has 0 spiro atoms. The molecule has 0 atom stereocenters. The van der Waals surface area contributed by atoms with Gasteiger partial charge >= 0.3 is 0 Å². The van der Waals surface area contributed by atoms with Crippen LogP contribution in [0.4, 0.5) is 10.1 Å². The van der Waals surface area contributed by atoms with E-state index in [2.05, 4.69) is 4.83 Å². The molecule has 1 aromatic rings. The van der Waals surface area contributed by atoms with Crippen LogP contribution < -0.4 is 10.6 Å². The molecule has 0 saturated carbocycles. The van der Waals surface area contributed by atoms with E-state index in [4.69, 9.17) is 10.5 Å². The summed E-state index contributed by atoms with van der Waals surface area (Å²) in [7, 11) is -3.77. The van der Waals surface area contributed by atoms with E-state index in [1.165, 1.54) is 17.1 Å².